The summed E-state index contributed by atoms with van der Waals surface area (Å²) >= 11 is 3.76. The van der Waals surface area contributed by atoms with Crippen LogP contribution in [0.2, 0.25) is 0 Å². The summed E-state index contributed by atoms with van der Waals surface area (Å²) in [4.78, 5) is 5.32. The minimum atomic E-state index is 0.443. The molecule has 1 atom stereocenters. The maximum Gasteiger partial charge on any atom is 0.0594 e. The Kier molecular flexibility index (Phi) is 5.37. The summed E-state index contributed by atoms with van der Waals surface area (Å²) < 4.78 is 11.0. The van der Waals surface area contributed by atoms with Crippen molar-refractivity contribution in [2.75, 3.05) is 64.5 Å². The van der Waals surface area contributed by atoms with Crippen LogP contribution in [0.15, 0.2) is 0 Å². The van der Waals surface area contributed by atoms with Crippen LogP contribution in [-0.4, -0.2) is 80.3 Å². The molecule has 0 radical (unpaired) electrons. The summed E-state index contributed by atoms with van der Waals surface area (Å²) in [6, 6.07) is 0.756. The van der Waals surface area contributed by atoms with Crippen LogP contribution in [0.25, 0.3) is 0 Å². The van der Waals surface area contributed by atoms with E-state index in [0.29, 0.717) is 5.41 Å². The fraction of sp³-hybridized carbons (Fsp3) is 1.00. The molecule has 3 saturated heterocycles. The third-order valence-electron chi connectivity index (χ3n) is 5.21. The zero-order chi connectivity index (χ0) is 13.8. The number of nitrogens with zero attached hydrogens (tertiary/aromatic N) is 2. The van der Waals surface area contributed by atoms with Crippen molar-refractivity contribution in [1.29, 1.82) is 0 Å². The first-order valence-electron chi connectivity index (χ1n) is 7.99. The largest absolute Gasteiger partial charge is 0.381 e. The quantitative estimate of drug-likeness (QED) is 0.721. The van der Waals surface area contributed by atoms with Crippen molar-refractivity contribution in [3.8, 4) is 0 Å². The van der Waals surface area contributed by atoms with E-state index >= 15 is 0 Å². The van der Waals surface area contributed by atoms with Crippen LogP contribution in [0.3, 0.4) is 0 Å². The fourth-order valence-corrected chi connectivity index (χ4v) is 4.55. The van der Waals surface area contributed by atoms with Gasteiger partial charge in [0.15, 0.2) is 0 Å². The molecule has 3 aliphatic rings. The highest BCUT2D eigenvalue weighted by Gasteiger charge is 2.37. The van der Waals surface area contributed by atoms with Gasteiger partial charge in [0.2, 0.25) is 0 Å². The highest BCUT2D eigenvalue weighted by Crippen LogP contribution is 2.34. The van der Waals surface area contributed by atoms with Gasteiger partial charge in [-0.05, 0) is 31.2 Å². The Hall–Kier alpha value is 0.320. The van der Waals surface area contributed by atoms with E-state index in [9.17, 15) is 0 Å². The van der Waals surface area contributed by atoms with Crippen LogP contribution in [-0.2, 0) is 9.47 Å². The predicted molar refractivity (Wildman–Crippen MR) is 83.5 cm³/mol. The maximum absolute atomic E-state index is 5.55. The second kappa shape index (κ2) is 7.05. The molecule has 116 valence electrons. The molecule has 0 N–H and O–H groups in total. The van der Waals surface area contributed by atoms with E-state index < -0.39 is 0 Å². The maximum atomic E-state index is 5.55. The molecule has 0 aromatic rings. The van der Waals surface area contributed by atoms with E-state index in [1.165, 1.54) is 38.9 Å². The van der Waals surface area contributed by atoms with Crippen molar-refractivity contribution in [3.05, 3.63) is 0 Å². The van der Waals surface area contributed by atoms with Gasteiger partial charge >= 0.3 is 0 Å². The number of hydrogen-bond acceptors (Lipinski definition) is 4. The molecule has 4 nitrogen and oxygen atoms in total. The van der Waals surface area contributed by atoms with Crippen molar-refractivity contribution >= 4 is 15.9 Å². The molecule has 20 heavy (non-hydrogen) atoms. The standard InChI is InChI=1S/C15H27BrN2O2/c16-12-15(2-7-19-8-3-15)13-17-4-1-14(11-17)18-5-9-20-10-6-18/h14H,1-13H2. The van der Waals surface area contributed by atoms with Crippen molar-refractivity contribution in [2.24, 2.45) is 5.41 Å². The lowest BCUT2D eigenvalue weighted by Crippen LogP contribution is -2.46. The van der Waals surface area contributed by atoms with Crippen LogP contribution in [0.4, 0.5) is 0 Å². The number of rotatable bonds is 4. The van der Waals surface area contributed by atoms with Crippen LogP contribution < -0.4 is 0 Å². The summed E-state index contributed by atoms with van der Waals surface area (Å²) in [5.41, 5.74) is 0.443. The molecule has 3 aliphatic heterocycles. The Morgan fingerprint density at radius 1 is 1.00 bits per heavy atom. The first kappa shape index (κ1) is 15.2. The summed E-state index contributed by atoms with van der Waals surface area (Å²) in [5, 5.41) is 1.11. The highest BCUT2D eigenvalue weighted by molar-refractivity contribution is 9.09. The van der Waals surface area contributed by atoms with E-state index in [2.05, 4.69) is 25.7 Å². The summed E-state index contributed by atoms with van der Waals surface area (Å²) in [7, 11) is 0. The van der Waals surface area contributed by atoms with Crippen LogP contribution >= 0.6 is 15.9 Å². The molecule has 1 unspecified atom stereocenters. The van der Waals surface area contributed by atoms with Crippen molar-refractivity contribution < 1.29 is 9.47 Å². The number of ether oxygens (including phenoxy) is 2. The average Bonchev–Trinajstić information content (AvgIpc) is 2.97. The monoisotopic (exact) mass is 346 g/mol. The number of likely N-dealkylation sites (tertiary alicyclic amines) is 1. The van der Waals surface area contributed by atoms with E-state index in [0.717, 1.165) is 50.9 Å². The Morgan fingerprint density at radius 2 is 1.70 bits per heavy atom. The smallest absolute Gasteiger partial charge is 0.0594 e. The summed E-state index contributed by atoms with van der Waals surface area (Å²) in [5.74, 6) is 0. The van der Waals surface area contributed by atoms with Crippen LogP contribution in [0.5, 0.6) is 0 Å². The molecule has 0 spiro atoms. The molecule has 0 aromatic carbocycles. The fourth-order valence-electron chi connectivity index (χ4n) is 3.81. The molecule has 0 aliphatic carbocycles. The Balaban J connectivity index is 1.51. The lowest BCUT2D eigenvalue weighted by molar-refractivity contribution is 0.00491. The number of alkyl halides is 1. The van der Waals surface area contributed by atoms with Crippen molar-refractivity contribution in [3.63, 3.8) is 0 Å². The predicted octanol–water partition coefficient (Wildman–Crippen LogP) is 1.58. The van der Waals surface area contributed by atoms with Gasteiger partial charge in [0.1, 0.15) is 0 Å². The summed E-state index contributed by atoms with van der Waals surface area (Å²) in [6.07, 6.45) is 3.74. The van der Waals surface area contributed by atoms with Gasteiger partial charge in [-0.2, -0.15) is 0 Å². The normalized spacial score (nSPS) is 32.5. The highest BCUT2D eigenvalue weighted by atomic mass is 79.9. The number of halogens is 1. The van der Waals surface area contributed by atoms with Gasteiger partial charge < -0.3 is 14.4 Å². The van der Waals surface area contributed by atoms with Crippen molar-refractivity contribution in [2.45, 2.75) is 25.3 Å². The van der Waals surface area contributed by atoms with Gasteiger partial charge in [0, 0.05) is 50.8 Å². The molecule has 0 amide bonds. The van der Waals surface area contributed by atoms with Gasteiger partial charge in [0.05, 0.1) is 13.2 Å². The van der Waals surface area contributed by atoms with Gasteiger partial charge in [-0.3, -0.25) is 4.90 Å². The first-order chi connectivity index (χ1) is 9.81. The molecular formula is C15H27BrN2O2. The second-order valence-electron chi connectivity index (χ2n) is 6.57. The van der Waals surface area contributed by atoms with Gasteiger partial charge in [0.25, 0.3) is 0 Å². The minimum Gasteiger partial charge on any atom is -0.381 e. The van der Waals surface area contributed by atoms with Crippen LogP contribution in [0, 0.1) is 5.41 Å². The van der Waals surface area contributed by atoms with Crippen molar-refractivity contribution in [1.82, 2.24) is 9.80 Å². The Labute approximate surface area is 130 Å². The molecule has 0 saturated carbocycles. The third kappa shape index (κ3) is 3.55. The molecule has 3 rings (SSSR count). The Morgan fingerprint density at radius 3 is 2.40 bits per heavy atom. The topological polar surface area (TPSA) is 24.9 Å². The van der Waals surface area contributed by atoms with E-state index in [1.54, 1.807) is 0 Å². The summed E-state index contributed by atoms with van der Waals surface area (Å²) in [6.45, 7) is 9.69. The number of morpholine rings is 1. The minimum absolute atomic E-state index is 0.443. The average molecular weight is 347 g/mol. The van der Waals surface area contributed by atoms with Crippen LogP contribution in [0.1, 0.15) is 19.3 Å². The SMILES string of the molecule is BrCC1(CN2CCC(N3CCOCC3)C2)CCOCC1. The molecular weight excluding hydrogens is 320 g/mol. The lowest BCUT2D eigenvalue weighted by Gasteiger charge is -2.39. The molecule has 3 heterocycles. The van der Waals surface area contributed by atoms with E-state index in [-0.39, 0.29) is 0 Å². The molecule has 3 fully saturated rings. The molecule has 0 bridgehead atoms. The Bertz CT molecular complexity index is 304. The van der Waals surface area contributed by atoms with Gasteiger partial charge in [-0.15, -0.1) is 0 Å². The lowest BCUT2D eigenvalue weighted by atomic mass is 9.82. The zero-order valence-corrected chi connectivity index (χ0v) is 13.9. The molecule has 0 aromatic heterocycles. The first-order valence-corrected chi connectivity index (χ1v) is 9.11. The number of hydrogen-bond donors (Lipinski definition) is 0. The second-order valence-corrected chi connectivity index (χ2v) is 7.13. The zero-order valence-electron chi connectivity index (χ0n) is 12.4. The third-order valence-corrected chi connectivity index (χ3v) is 6.40. The molecule has 5 heteroatoms. The van der Waals surface area contributed by atoms with Gasteiger partial charge in [-0.25, -0.2) is 0 Å². The van der Waals surface area contributed by atoms with E-state index in [1.807, 2.05) is 0 Å². The van der Waals surface area contributed by atoms with Gasteiger partial charge in [-0.1, -0.05) is 15.9 Å². The van der Waals surface area contributed by atoms with E-state index in [4.69, 9.17) is 9.47 Å².